The monoisotopic (exact) mass is 412 g/mol. The number of nitrogens with zero attached hydrogens (tertiary/aromatic N) is 3. The SMILES string of the molecule is CN1CCOc2ncc(S(=O)(=O)N3CCC4(CC3)CC(NC(=O)O)CO4)cc21. The Balaban J connectivity index is 1.46. The van der Waals surface area contributed by atoms with Crippen LogP contribution >= 0.6 is 0 Å². The van der Waals surface area contributed by atoms with Crippen LogP contribution in [0.4, 0.5) is 10.5 Å². The molecule has 154 valence electrons. The number of likely N-dealkylation sites (N-methyl/N-ethyl adjacent to an activating group) is 1. The maximum Gasteiger partial charge on any atom is 0.404 e. The molecule has 1 aromatic heterocycles. The van der Waals surface area contributed by atoms with E-state index in [4.69, 9.17) is 14.6 Å². The summed E-state index contributed by atoms with van der Waals surface area (Å²) in [6, 6.07) is 1.36. The minimum Gasteiger partial charge on any atom is -0.474 e. The Morgan fingerprint density at radius 1 is 1.36 bits per heavy atom. The average molecular weight is 412 g/mol. The Kier molecular flexibility index (Phi) is 4.84. The molecule has 1 unspecified atom stereocenters. The number of pyridine rings is 1. The summed E-state index contributed by atoms with van der Waals surface area (Å²) in [6.07, 6.45) is 1.91. The first-order chi connectivity index (χ1) is 13.3. The van der Waals surface area contributed by atoms with Gasteiger partial charge in [0.15, 0.2) is 0 Å². The van der Waals surface area contributed by atoms with Crippen molar-refractivity contribution in [2.75, 3.05) is 44.8 Å². The number of rotatable bonds is 3. The van der Waals surface area contributed by atoms with Crippen LogP contribution in [-0.4, -0.2) is 80.4 Å². The second kappa shape index (κ2) is 7.05. The van der Waals surface area contributed by atoms with Crippen LogP contribution in [0.2, 0.25) is 0 Å². The number of hydrogen-bond acceptors (Lipinski definition) is 7. The molecule has 2 N–H and O–H groups in total. The van der Waals surface area contributed by atoms with E-state index in [2.05, 4.69) is 10.3 Å². The number of anilines is 1. The van der Waals surface area contributed by atoms with Crippen molar-refractivity contribution in [1.82, 2.24) is 14.6 Å². The Morgan fingerprint density at radius 3 is 2.82 bits per heavy atom. The van der Waals surface area contributed by atoms with Gasteiger partial charge in [0, 0.05) is 20.1 Å². The smallest absolute Gasteiger partial charge is 0.404 e. The summed E-state index contributed by atoms with van der Waals surface area (Å²) in [5.41, 5.74) is 0.212. The number of carbonyl (C=O) groups is 1. The van der Waals surface area contributed by atoms with Crippen LogP contribution in [0.1, 0.15) is 19.3 Å². The molecule has 2 saturated heterocycles. The maximum absolute atomic E-state index is 13.1. The molecule has 2 fully saturated rings. The fourth-order valence-electron chi connectivity index (χ4n) is 4.09. The van der Waals surface area contributed by atoms with Crippen LogP contribution in [0.25, 0.3) is 0 Å². The van der Waals surface area contributed by atoms with E-state index < -0.39 is 21.7 Å². The van der Waals surface area contributed by atoms with Gasteiger partial charge in [-0.2, -0.15) is 4.31 Å². The lowest BCUT2D eigenvalue weighted by molar-refractivity contribution is -0.0311. The highest BCUT2D eigenvalue weighted by Crippen LogP contribution is 2.38. The zero-order chi connectivity index (χ0) is 19.9. The van der Waals surface area contributed by atoms with Gasteiger partial charge in [-0.1, -0.05) is 0 Å². The number of hydrogen-bond donors (Lipinski definition) is 2. The van der Waals surface area contributed by atoms with Crippen molar-refractivity contribution in [3.63, 3.8) is 0 Å². The number of aromatic nitrogens is 1. The molecule has 3 aliphatic rings. The van der Waals surface area contributed by atoms with Crippen molar-refractivity contribution in [3.8, 4) is 5.88 Å². The number of fused-ring (bicyclic) bond motifs is 1. The van der Waals surface area contributed by atoms with E-state index in [1.165, 1.54) is 10.5 Å². The zero-order valence-corrected chi connectivity index (χ0v) is 16.4. The molecule has 10 nitrogen and oxygen atoms in total. The molecule has 3 aliphatic heterocycles. The molecule has 4 heterocycles. The molecule has 1 amide bonds. The van der Waals surface area contributed by atoms with Crippen LogP contribution in [0, 0.1) is 0 Å². The standard InChI is InChI=1S/C17H24N4O6S/c1-20-6-7-26-15-14(20)8-13(10-18-15)28(24,25)21-4-2-17(3-5-21)9-12(11-27-17)19-16(22)23/h8,10,12,19H,2-7,9,11H2,1H3,(H,22,23). The lowest BCUT2D eigenvalue weighted by Gasteiger charge is -2.38. The molecule has 0 bridgehead atoms. The third-order valence-electron chi connectivity index (χ3n) is 5.69. The van der Waals surface area contributed by atoms with Gasteiger partial charge in [0.05, 0.1) is 31.0 Å². The van der Waals surface area contributed by atoms with Crippen LogP contribution in [0.5, 0.6) is 5.88 Å². The summed E-state index contributed by atoms with van der Waals surface area (Å²) in [4.78, 5) is 17.1. The molecular weight excluding hydrogens is 388 g/mol. The van der Waals surface area contributed by atoms with Gasteiger partial charge in [0.2, 0.25) is 15.9 Å². The predicted molar refractivity (Wildman–Crippen MR) is 99.2 cm³/mol. The molecule has 28 heavy (non-hydrogen) atoms. The van der Waals surface area contributed by atoms with E-state index in [0.29, 0.717) is 63.7 Å². The van der Waals surface area contributed by atoms with Crippen LogP contribution in [0.15, 0.2) is 17.2 Å². The van der Waals surface area contributed by atoms with E-state index in [1.54, 1.807) is 6.07 Å². The molecule has 0 saturated carbocycles. The number of amides is 1. The summed E-state index contributed by atoms with van der Waals surface area (Å²) in [5, 5.41) is 11.3. The number of piperidine rings is 1. The van der Waals surface area contributed by atoms with E-state index in [-0.39, 0.29) is 10.9 Å². The fraction of sp³-hybridized carbons (Fsp3) is 0.647. The lowest BCUT2D eigenvalue weighted by atomic mass is 9.88. The Morgan fingerprint density at radius 2 is 2.11 bits per heavy atom. The van der Waals surface area contributed by atoms with Crippen LogP contribution in [-0.2, 0) is 14.8 Å². The minimum absolute atomic E-state index is 0.150. The predicted octanol–water partition coefficient (Wildman–Crippen LogP) is 0.490. The summed E-state index contributed by atoms with van der Waals surface area (Å²) < 4.78 is 39.0. The van der Waals surface area contributed by atoms with Gasteiger partial charge in [-0.15, -0.1) is 0 Å². The molecule has 0 aliphatic carbocycles. The van der Waals surface area contributed by atoms with Crippen molar-refractivity contribution in [2.45, 2.75) is 35.8 Å². The summed E-state index contributed by atoms with van der Waals surface area (Å²) in [6.45, 7) is 2.17. The third-order valence-corrected chi connectivity index (χ3v) is 7.56. The maximum atomic E-state index is 13.1. The molecule has 0 radical (unpaired) electrons. The van der Waals surface area contributed by atoms with Gasteiger partial charge in [-0.3, -0.25) is 0 Å². The van der Waals surface area contributed by atoms with Crippen molar-refractivity contribution in [3.05, 3.63) is 12.3 Å². The van der Waals surface area contributed by atoms with E-state index in [1.807, 2.05) is 11.9 Å². The largest absolute Gasteiger partial charge is 0.474 e. The Bertz CT molecular complexity index is 868. The first kappa shape index (κ1) is 19.2. The number of carboxylic acid groups (broad SMARTS) is 1. The second-order valence-electron chi connectivity index (χ2n) is 7.51. The van der Waals surface area contributed by atoms with E-state index >= 15 is 0 Å². The molecule has 1 atom stereocenters. The van der Waals surface area contributed by atoms with E-state index in [9.17, 15) is 13.2 Å². The van der Waals surface area contributed by atoms with E-state index in [0.717, 1.165) is 0 Å². The van der Waals surface area contributed by atoms with Gasteiger partial charge in [-0.05, 0) is 25.3 Å². The minimum atomic E-state index is -3.67. The summed E-state index contributed by atoms with van der Waals surface area (Å²) >= 11 is 0. The highest BCUT2D eigenvalue weighted by atomic mass is 32.2. The van der Waals surface area contributed by atoms with Crippen LogP contribution in [0.3, 0.4) is 0 Å². The molecule has 1 spiro atoms. The molecule has 11 heteroatoms. The number of nitrogens with one attached hydrogen (secondary N) is 1. The zero-order valence-electron chi connectivity index (χ0n) is 15.6. The van der Waals surface area contributed by atoms with Crippen molar-refractivity contribution >= 4 is 21.8 Å². The molecule has 1 aromatic rings. The van der Waals surface area contributed by atoms with Crippen LogP contribution < -0.4 is 15.0 Å². The number of ether oxygens (including phenoxy) is 2. The fourth-order valence-corrected chi connectivity index (χ4v) is 5.50. The second-order valence-corrected chi connectivity index (χ2v) is 9.45. The van der Waals surface area contributed by atoms with Crippen molar-refractivity contribution in [2.24, 2.45) is 0 Å². The van der Waals surface area contributed by atoms with Crippen molar-refractivity contribution < 1.29 is 27.8 Å². The quantitative estimate of drug-likeness (QED) is 0.736. The summed E-state index contributed by atoms with van der Waals surface area (Å²) in [5.74, 6) is 0.446. The van der Waals surface area contributed by atoms with Crippen molar-refractivity contribution in [1.29, 1.82) is 0 Å². The lowest BCUT2D eigenvalue weighted by Crippen LogP contribution is -2.47. The highest BCUT2D eigenvalue weighted by molar-refractivity contribution is 7.89. The Hall–Kier alpha value is -2.11. The topological polar surface area (TPSA) is 121 Å². The summed E-state index contributed by atoms with van der Waals surface area (Å²) in [7, 11) is -1.80. The number of sulfonamides is 1. The third kappa shape index (κ3) is 3.49. The molecule has 0 aromatic carbocycles. The highest BCUT2D eigenvalue weighted by Gasteiger charge is 2.45. The first-order valence-corrected chi connectivity index (χ1v) is 10.7. The van der Waals surface area contributed by atoms with Gasteiger partial charge in [0.1, 0.15) is 17.2 Å². The van der Waals surface area contributed by atoms with Gasteiger partial charge < -0.3 is 24.8 Å². The van der Waals surface area contributed by atoms with Gasteiger partial charge in [0.25, 0.3) is 0 Å². The first-order valence-electron chi connectivity index (χ1n) is 9.27. The molecular formula is C17H24N4O6S. The normalized spacial score (nSPS) is 24.6. The van der Waals surface area contributed by atoms with Gasteiger partial charge >= 0.3 is 6.09 Å². The van der Waals surface area contributed by atoms with Gasteiger partial charge in [-0.25, -0.2) is 18.2 Å². The molecule has 4 rings (SSSR count). The average Bonchev–Trinajstić information content (AvgIpc) is 3.03. The Labute approximate surface area is 163 Å².